The molecule has 6 nitrogen and oxygen atoms in total. The van der Waals surface area contributed by atoms with Crippen LogP contribution in [0.4, 0.5) is 0 Å². The van der Waals surface area contributed by atoms with Gasteiger partial charge < -0.3 is 14.6 Å². The summed E-state index contributed by atoms with van der Waals surface area (Å²) >= 11 is 6.36. The Balaban J connectivity index is 1.40. The van der Waals surface area contributed by atoms with E-state index in [4.69, 9.17) is 21.3 Å². The third-order valence-electron chi connectivity index (χ3n) is 5.46. The van der Waals surface area contributed by atoms with Crippen LogP contribution in [0.25, 0.3) is 11.0 Å². The number of fused-ring (bicyclic) bond motifs is 1. The van der Waals surface area contributed by atoms with Gasteiger partial charge in [0.1, 0.15) is 5.82 Å². The maximum Gasteiger partial charge on any atom is 0.221 e. The summed E-state index contributed by atoms with van der Waals surface area (Å²) in [6.07, 6.45) is 1.05. The molecule has 30 heavy (non-hydrogen) atoms. The number of carbonyl (C=O) groups excluding carboxylic acids is 1. The number of para-hydroxylation sites is 2. The number of amides is 1. The van der Waals surface area contributed by atoms with Gasteiger partial charge in [-0.2, -0.15) is 0 Å². The van der Waals surface area contributed by atoms with Crippen molar-refractivity contribution >= 4 is 28.5 Å². The first kappa shape index (κ1) is 20.8. The molecular weight excluding hydrogens is 400 g/mol. The standard InChI is InChI=1S/C23H27ClN4O2/c24-19-6-2-1-5-18(19)17-22-26-20-7-3-4-8-21(20)28(22)11-9-23(29)25-10-12-27-13-15-30-16-14-27/h1-8H,9-17H2,(H,25,29). The second-order valence-electron chi connectivity index (χ2n) is 7.49. The summed E-state index contributed by atoms with van der Waals surface area (Å²) in [5, 5.41) is 3.78. The minimum absolute atomic E-state index is 0.0599. The van der Waals surface area contributed by atoms with Gasteiger partial charge in [0.25, 0.3) is 0 Å². The normalized spacial score (nSPS) is 14.8. The maximum absolute atomic E-state index is 12.4. The Morgan fingerprint density at radius 2 is 1.83 bits per heavy atom. The Kier molecular flexibility index (Phi) is 7.00. The average molecular weight is 427 g/mol. The van der Waals surface area contributed by atoms with E-state index in [2.05, 4.69) is 20.9 Å². The molecule has 1 aliphatic heterocycles. The van der Waals surface area contributed by atoms with Crippen molar-refractivity contribution in [2.45, 2.75) is 19.4 Å². The van der Waals surface area contributed by atoms with Gasteiger partial charge in [-0.1, -0.05) is 41.9 Å². The molecule has 0 aliphatic carbocycles. The molecule has 1 aliphatic rings. The number of hydrogen-bond donors (Lipinski definition) is 1. The Morgan fingerprint density at radius 3 is 2.67 bits per heavy atom. The van der Waals surface area contributed by atoms with Gasteiger partial charge in [-0.25, -0.2) is 4.98 Å². The predicted molar refractivity (Wildman–Crippen MR) is 119 cm³/mol. The van der Waals surface area contributed by atoms with Crippen LogP contribution < -0.4 is 5.32 Å². The van der Waals surface area contributed by atoms with Gasteiger partial charge in [-0.05, 0) is 23.8 Å². The largest absolute Gasteiger partial charge is 0.379 e. The van der Waals surface area contributed by atoms with E-state index in [9.17, 15) is 4.79 Å². The van der Waals surface area contributed by atoms with Crippen molar-refractivity contribution in [2.24, 2.45) is 0 Å². The fraction of sp³-hybridized carbons (Fsp3) is 0.391. The molecule has 1 aromatic heterocycles. The second-order valence-corrected chi connectivity index (χ2v) is 7.90. The lowest BCUT2D eigenvalue weighted by Gasteiger charge is -2.26. The van der Waals surface area contributed by atoms with Crippen molar-refractivity contribution in [1.29, 1.82) is 0 Å². The number of ether oxygens (including phenoxy) is 1. The molecule has 0 saturated carbocycles. The molecule has 7 heteroatoms. The third-order valence-corrected chi connectivity index (χ3v) is 5.83. The highest BCUT2D eigenvalue weighted by Crippen LogP contribution is 2.22. The van der Waals surface area contributed by atoms with Crippen molar-refractivity contribution < 1.29 is 9.53 Å². The van der Waals surface area contributed by atoms with E-state index in [1.165, 1.54) is 0 Å². The van der Waals surface area contributed by atoms with Gasteiger partial charge in [-0.15, -0.1) is 0 Å². The molecule has 0 spiro atoms. The molecule has 0 bridgehead atoms. The second kappa shape index (κ2) is 10.1. The molecule has 158 valence electrons. The van der Waals surface area contributed by atoms with Gasteiger partial charge in [0.05, 0.1) is 24.2 Å². The fourth-order valence-corrected chi connectivity index (χ4v) is 4.00. The molecule has 1 amide bonds. The number of morpholine rings is 1. The minimum atomic E-state index is 0.0599. The first-order valence-corrected chi connectivity index (χ1v) is 10.8. The molecule has 0 atom stereocenters. The van der Waals surface area contributed by atoms with Crippen molar-refractivity contribution in [3.05, 3.63) is 64.9 Å². The summed E-state index contributed by atoms with van der Waals surface area (Å²) in [6, 6.07) is 15.9. The van der Waals surface area contributed by atoms with E-state index in [1.807, 2.05) is 42.5 Å². The molecule has 0 unspecified atom stereocenters. The number of aryl methyl sites for hydroxylation is 1. The molecule has 0 radical (unpaired) electrons. The van der Waals surface area contributed by atoms with Gasteiger partial charge in [0.15, 0.2) is 0 Å². The third kappa shape index (κ3) is 5.19. The number of halogens is 1. The van der Waals surface area contributed by atoms with E-state index in [0.29, 0.717) is 25.9 Å². The molecule has 1 saturated heterocycles. The minimum Gasteiger partial charge on any atom is -0.379 e. The number of rotatable bonds is 8. The van der Waals surface area contributed by atoms with Gasteiger partial charge >= 0.3 is 0 Å². The van der Waals surface area contributed by atoms with Crippen LogP contribution in [0.3, 0.4) is 0 Å². The quantitative estimate of drug-likeness (QED) is 0.601. The molecule has 4 rings (SSSR count). The number of nitrogens with one attached hydrogen (secondary N) is 1. The van der Waals surface area contributed by atoms with Crippen LogP contribution in [-0.2, 0) is 22.5 Å². The lowest BCUT2D eigenvalue weighted by atomic mass is 10.1. The lowest BCUT2D eigenvalue weighted by molar-refractivity contribution is -0.121. The zero-order valence-corrected chi connectivity index (χ0v) is 17.8. The summed E-state index contributed by atoms with van der Waals surface area (Å²) in [7, 11) is 0. The van der Waals surface area contributed by atoms with E-state index < -0.39 is 0 Å². The highest BCUT2D eigenvalue weighted by atomic mass is 35.5. The van der Waals surface area contributed by atoms with E-state index in [0.717, 1.165) is 60.3 Å². The molecule has 2 aromatic carbocycles. The number of benzene rings is 2. The predicted octanol–water partition coefficient (Wildman–Crippen LogP) is 3.12. The van der Waals surface area contributed by atoms with E-state index in [-0.39, 0.29) is 5.91 Å². The van der Waals surface area contributed by atoms with E-state index in [1.54, 1.807) is 0 Å². The van der Waals surface area contributed by atoms with Crippen LogP contribution in [0.1, 0.15) is 17.8 Å². The summed E-state index contributed by atoms with van der Waals surface area (Å²) in [5.74, 6) is 0.982. The van der Waals surface area contributed by atoms with Crippen molar-refractivity contribution in [1.82, 2.24) is 19.8 Å². The zero-order chi connectivity index (χ0) is 20.8. The summed E-state index contributed by atoms with van der Waals surface area (Å²) in [5.41, 5.74) is 3.01. The van der Waals surface area contributed by atoms with Gasteiger partial charge in [0.2, 0.25) is 5.91 Å². The number of nitrogens with zero attached hydrogens (tertiary/aromatic N) is 3. The summed E-state index contributed by atoms with van der Waals surface area (Å²) < 4.78 is 7.50. The Hall–Kier alpha value is -2.41. The average Bonchev–Trinajstić information content (AvgIpc) is 3.12. The Labute approximate surface area is 181 Å². The zero-order valence-electron chi connectivity index (χ0n) is 17.0. The maximum atomic E-state index is 12.4. The number of hydrogen-bond acceptors (Lipinski definition) is 4. The topological polar surface area (TPSA) is 59.4 Å². The van der Waals surface area contributed by atoms with Crippen LogP contribution in [0, 0.1) is 0 Å². The first-order valence-electron chi connectivity index (χ1n) is 10.4. The van der Waals surface area contributed by atoms with Crippen molar-refractivity contribution in [3.8, 4) is 0 Å². The van der Waals surface area contributed by atoms with Crippen LogP contribution >= 0.6 is 11.6 Å². The molecule has 2 heterocycles. The highest BCUT2D eigenvalue weighted by Gasteiger charge is 2.14. The highest BCUT2D eigenvalue weighted by molar-refractivity contribution is 6.31. The Morgan fingerprint density at radius 1 is 1.07 bits per heavy atom. The Bertz CT molecular complexity index is 998. The van der Waals surface area contributed by atoms with Crippen LogP contribution in [0.5, 0.6) is 0 Å². The molecule has 3 aromatic rings. The molecule has 1 N–H and O–H groups in total. The first-order chi connectivity index (χ1) is 14.7. The number of imidazole rings is 1. The monoisotopic (exact) mass is 426 g/mol. The van der Waals surface area contributed by atoms with Crippen LogP contribution in [0.2, 0.25) is 5.02 Å². The van der Waals surface area contributed by atoms with Gasteiger partial charge in [0, 0.05) is 50.6 Å². The SMILES string of the molecule is O=C(CCn1c(Cc2ccccc2Cl)nc2ccccc21)NCCN1CCOCC1. The van der Waals surface area contributed by atoms with Crippen LogP contribution in [0.15, 0.2) is 48.5 Å². The van der Waals surface area contributed by atoms with E-state index >= 15 is 0 Å². The molecular formula is C23H27ClN4O2. The lowest BCUT2D eigenvalue weighted by Crippen LogP contribution is -2.41. The van der Waals surface area contributed by atoms with Crippen molar-refractivity contribution in [2.75, 3.05) is 39.4 Å². The summed E-state index contributed by atoms with van der Waals surface area (Å²) in [4.78, 5) is 19.5. The van der Waals surface area contributed by atoms with Crippen molar-refractivity contribution in [3.63, 3.8) is 0 Å². The smallest absolute Gasteiger partial charge is 0.221 e. The number of aromatic nitrogens is 2. The summed E-state index contributed by atoms with van der Waals surface area (Å²) in [6.45, 7) is 5.52. The molecule has 1 fully saturated rings. The van der Waals surface area contributed by atoms with Crippen LogP contribution in [-0.4, -0.2) is 59.8 Å². The number of carbonyl (C=O) groups is 1. The van der Waals surface area contributed by atoms with Gasteiger partial charge in [-0.3, -0.25) is 9.69 Å². The fourth-order valence-electron chi connectivity index (χ4n) is 3.80.